The van der Waals surface area contributed by atoms with Crippen LogP contribution in [0.25, 0.3) is 0 Å². The van der Waals surface area contributed by atoms with E-state index in [1.165, 1.54) is 96.1 Å². The molecule has 1 heteroatoms. The van der Waals surface area contributed by atoms with Gasteiger partial charge in [-0.1, -0.05) is 104 Å². The Morgan fingerprint density at radius 2 is 0.947 bits per heavy atom. The summed E-state index contributed by atoms with van der Waals surface area (Å²) in [5.74, 6) is 0.988. The predicted octanol–water partition coefficient (Wildman–Crippen LogP) is 6.98. The summed E-state index contributed by atoms with van der Waals surface area (Å²) in [6.45, 7) is 4.59. The van der Waals surface area contributed by atoms with E-state index in [4.69, 9.17) is 0 Å². The zero-order valence-corrected chi connectivity index (χ0v) is 14.9. The molecular formula is C18H39P. The monoisotopic (exact) mass is 286 g/mol. The first-order valence-electron chi connectivity index (χ1n) is 9.05. The molecule has 0 N–H and O–H groups in total. The Labute approximate surface area is 125 Å². The fourth-order valence-corrected chi connectivity index (χ4v) is 3.28. The molecule has 0 aliphatic carbocycles. The SMILES string of the molecule is CCCCCCCCCC(CP)CCCCCCC. The molecule has 116 valence electrons. The van der Waals surface area contributed by atoms with Crippen molar-refractivity contribution < 1.29 is 0 Å². The molecule has 0 bridgehead atoms. The van der Waals surface area contributed by atoms with E-state index in [0.29, 0.717) is 0 Å². The van der Waals surface area contributed by atoms with Crippen LogP contribution in [0.3, 0.4) is 0 Å². The quantitative estimate of drug-likeness (QED) is 0.225. The van der Waals surface area contributed by atoms with Gasteiger partial charge in [-0.25, -0.2) is 0 Å². The molecule has 0 nitrogen and oxygen atoms in total. The van der Waals surface area contributed by atoms with Crippen LogP contribution in [0, 0.1) is 5.92 Å². The van der Waals surface area contributed by atoms with Gasteiger partial charge >= 0.3 is 0 Å². The molecule has 2 unspecified atom stereocenters. The topological polar surface area (TPSA) is 0 Å². The van der Waals surface area contributed by atoms with Gasteiger partial charge in [0.05, 0.1) is 0 Å². The molecule has 2 atom stereocenters. The van der Waals surface area contributed by atoms with Gasteiger partial charge in [-0.15, -0.1) is 9.24 Å². The average Bonchev–Trinajstić information content (AvgIpc) is 2.44. The van der Waals surface area contributed by atoms with Crippen LogP contribution < -0.4 is 0 Å². The molecule has 0 amide bonds. The predicted molar refractivity (Wildman–Crippen MR) is 94.1 cm³/mol. The van der Waals surface area contributed by atoms with Crippen molar-refractivity contribution in [3.8, 4) is 0 Å². The van der Waals surface area contributed by atoms with Crippen molar-refractivity contribution in [3.05, 3.63) is 0 Å². The van der Waals surface area contributed by atoms with Crippen LogP contribution in [0.1, 0.15) is 104 Å². The van der Waals surface area contributed by atoms with Crippen molar-refractivity contribution in [1.82, 2.24) is 0 Å². The second-order valence-electron chi connectivity index (χ2n) is 6.21. The van der Waals surface area contributed by atoms with E-state index in [0.717, 1.165) is 5.92 Å². The Morgan fingerprint density at radius 1 is 0.579 bits per heavy atom. The fraction of sp³-hybridized carbons (Fsp3) is 1.00. The van der Waals surface area contributed by atoms with Crippen LogP contribution in [-0.2, 0) is 0 Å². The van der Waals surface area contributed by atoms with Crippen LogP contribution in [0.5, 0.6) is 0 Å². The maximum absolute atomic E-state index is 2.97. The lowest BCUT2D eigenvalue weighted by Gasteiger charge is -2.14. The van der Waals surface area contributed by atoms with Gasteiger partial charge in [-0.05, 0) is 12.1 Å². The highest BCUT2D eigenvalue weighted by atomic mass is 31.0. The zero-order valence-electron chi connectivity index (χ0n) is 13.8. The van der Waals surface area contributed by atoms with E-state index >= 15 is 0 Å². The Bertz CT molecular complexity index is 156. The molecule has 0 aliphatic rings. The van der Waals surface area contributed by atoms with Gasteiger partial charge < -0.3 is 0 Å². The number of rotatable bonds is 15. The summed E-state index contributed by atoms with van der Waals surface area (Å²) in [6, 6.07) is 0. The normalized spacial score (nSPS) is 12.8. The highest BCUT2D eigenvalue weighted by Crippen LogP contribution is 2.20. The molecule has 0 heterocycles. The van der Waals surface area contributed by atoms with E-state index in [2.05, 4.69) is 23.1 Å². The van der Waals surface area contributed by atoms with Gasteiger partial charge in [0.25, 0.3) is 0 Å². The van der Waals surface area contributed by atoms with Gasteiger partial charge in [0, 0.05) is 0 Å². The number of hydrogen-bond donors (Lipinski definition) is 0. The van der Waals surface area contributed by atoms with Gasteiger partial charge in [0.2, 0.25) is 0 Å². The molecule has 0 aliphatic heterocycles. The van der Waals surface area contributed by atoms with Crippen molar-refractivity contribution in [2.24, 2.45) is 5.92 Å². The Balaban J connectivity index is 3.29. The Hall–Kier alpha value is 0.430. The van der Waals surface area contributed by atoms with Crippen LogP contribution in [-0.4, -0.2) is 6.16 Å². The molecular weight excluding hydrogens is 247 g/mol. The summed E-state index contributed by atoms with van der Waals surface area (Å²) in [4.78, 5) is 0. The third-order valence-electron chi connectivity index (χ3n) is 4.27. The molecule has 0 aromatic carbocycles. The first-order chi connectivity index (χ1) is 9.35. The molecule has 19 heavy (non-hydrogen) atoms. The van der Waals surface area contributed by atoms with E-state index < -0.39 is 0 Å². The Morgan fingerprint density at radius 3 is 1.32 bits per heavy atom. The average molecular weight is 286 g/mol. The lowest BCUT2D eigenvalue weighted by molar-refractivity contribution is 0.437. The van der Waals surface area contributed by atoms with Crippen molar-refractivity contribution >= 4 is 9.24 Å². The smallest absolute Gasteiger partial charge is 0.0353 e. The van der Waals surface area contributed by atoms with Crippen molar-refractivity contribution in [1.29, 1.82) is 0 Å². The van der Waals surface area contributed by atoms with E-state index in [1.807, 2.05) is 0 Å². The van der Waals surface area contributed by atoms with Crippen molar-refractivity contribution in [3.63, 3.8) is 0 Å². The molecule has 0 saturated heterocycles. The van der Waals surface area contributed by atoms with E-state index in [9.17, 15) is 0 Å². The largest absolute Gasteiger partial charge is 0.137 e. The third kappa shape index (κ3) is 14.6. The van der Waals surface area contributed by atoms with Crippen LogP contribution in [0.4, 0.5) is 0 Å². The second kappa shape index (κ2) is 16.5. The molecule has 0 spiro atoms. The minimum absolute atomic E-state index is 0.988. The lowest BCUT2D eigenvalue weighted by atomic mass is 9.95. The van der Waals surface area contributed by atoms with Gasteiger partial charge in [0.1, 0.15) is 0 Å². The maximum Gasteiger partial charge on any atom is -0.0353 e. The molecule has 0 rings (SSSR count). The van der Waals surface area contributed by atoms with Crippen LogP contribution in [0.15, 0.2) is 0 Å². The standard InChI is InChI=1S/C18H39P/c1-3-5-7-9-10-12-14-16-18(17-19)15-13-11-8-6-4-2/h18H,3-17,19H2,1-2H3. The van der Waals surface area contributed by atoms with E-state index in [1.54, 1.807) is 0 Å². The minimum Gasteiger partial charge on any atom is -0.137 e. The van der Waals surface area contributed by atoms with Gasteiger partial charge in [-0.2, -0.15) is 0 Å². The molecule has 0 saturated carbocycles. The Kier molecular flexibility index (Phi) is 16.9. The third-order valence-corrected chi connectivity index (χ3v) is 4.93. The summed E-state index contributed by atoms with van der Waals surface area (Å²) in [6.07, 6.45) is 21.6. The maximum atomic E-state index is 2.97. The van der Waals surface area contributed by atoms with Crippen molar-refractivity contribution in [2.75, 3.05) is 6.16 Å². The highest BCUT2D eigenvalue weighted by molar-refractivity contribution is 7.16. The van der Waals surface area contributed by atoms with E-state index in [-0.39, 0.29) is 0 Å². The first kappa shape index (κ1) is 19.4. The van der Waals surface area contributed by atoms with Crippen LogP contribution in [0.2, 0.25) is 0 Å². The molecule has 0 aromatic heterocycles. The summed E-state index contributed by atoms with van der Waals surface area (Å²) < 4.78 is 0. The fourth-order valence-electron chi connectivity index (χ4n) is 2.81. The first-order valence-corrected chi connectivity index (χ1v) is 9.86. The molecule has 0 aromatic rings. The lowest BCUT2D eigenvalue weighted by Crippen LogP contribution is -2.02. The van der Waals surface area contributed by atoms with Crippen LogP contribution >= 0.6 is 9.24 Å². The number of hydrogen-bond acceptors (Lipinski definition) is 0. The zero-order chi connectivity index (χ0) is 14.2. The second-order valence-corrected chi connectivity index (χ2v) is 6.69. The molecule has 0 fully saturated rings. The van der Waals surface area contributed by atoms with Gasteiger partial charge in [0.15, 0.2) is 0 Å². The summed E-state index contributed by atoms with van der Waals surface area (Å²) in [5.41, 5.74) is 0. The van der Waals surface area contributed by atoms with Gasteiger partial charge in [-0.3, -0.25) is 0 Å². The van der Waals surface area contributed by atoms with Crippen molar-refractivity contribution in [2.45, 2.75) is 104 Å². The summed E-state index contributed by atoms with van der Waals surface area (Å²) in [7, 11) is 2.97. The number of unbranched alkanes of at least 4 members (excludes halogenated alkanes) is 10. The highest BCUT2D eigenvalue weighted by Gasteiger charge is 2.05. The summed E-state index contributed by atoms with van der Waals surface area (Å²) in [5, 5.41) is 0. The minimum atomic E-state index is 0.988. The molecule has 0 radical (unpaired) electrons. The summed E-state index contributed by atoms with van der Waals surface area (Å²) >= 11 is 0.